The van der Waals surface area contributed by atoms with Crippen LogP contribution >= 0.6 is 0 Å². The summed E-state index contributed by atoms with van der Waals surface area (Å²) in [6.45, 7) is 12.7. The number of fused-ring (bicyclic) bond motifs is 1. The van der Waals surface area contributed by atoms with Crippen molar-refractivity contribution < 1.29 is 9.90 Å². The Morgan fingerprint density at radius 1 is 0.857 bits per heavy atom. The first-order valence-corrected chi connectivity index (χ1v) is 7.32. The maximum absolute atomic E-state index is 11.5. The standard InChI is InChI=1S/C19H24O2/c1-18(2,3)14-8-7-12-10-15(17(20)21)16(19(4,5)6)11-13(12)9-14/h7-11H,1-6H3,(H,20,21). The van der Waals surface area contributed by atoms with Gasteiger partial charge in [-0.15, -0.1) is 0 Å². The van der Waals surface area contributed by atoms with E-state index in [-0.39, 0.29) is 10.8 Å². The van der Waals surface area contributed by atoms with Crippen LogP contribution in [0.4, 0.5) is 0 Å². The zero-order chi connectivity index (χ0) is 16.0. The van der Waals surface area contributed by atoms with Crippen molar-refractivity contribution in [2.75, 3.05) is 0 Å². The molecule has 0 aliphatic rings. The minimum atomic E-state index is -0.860. The SMILES string of the molecule is CC(C)(C)c1ccc2cc(C(=O)O)c(C(C)(C)C)cc2c1. The van der Waals surface area contributed by atoms with Gasteiger partial charge in [0.1, 0.15) is 0 Å². The number of carboxylic acid groups (broad SMARTS) is 1. The summed E-state index contributed by atoms with van der Waals surface area (Å²) in [6.07, 6.45) is 0. The second kappa shape index (κ2) is 4.87. The van der Waals surface area contributed by atoms with E-state index in [1.54, 1.807) is 6.07 Å². The van der Waals surface area contributed by atoms with Gasteiger partial charge in [-0.25, -0.2) is 4.79 Å². The molecule has 0 saturated carbocycles. The maximum Gasteiger partial charge on any atom is 0.336 e. The van der Waals surface area contributed by atoms with Crippen LogP contribution in [0.5, 0.6) is 0 Å². The van der Waals surface area contributed by atoms with Crippen molar-refractivity contribution in [3.05, 3.63) is 47.0 Å². The summed E-state index contributed by atoms with van der Waals surface area (Å²) in [6, 6.07) is 10.1. The van der Waals surface area contributed by atoms with E-state index in [2.05, 4.69) is 32.9 Å². The summed E-state index contributed by atoms with van der Waals surface area (Å²) >= 11 is 0. The number of hydrogen-bond donors (Lipinski definition) is 1. The first-order chi connectivity index (χ1) is 9.50. The van der Waals surface area contributed by atoms with E-state index >= 15 is 0 Å². The second-order valence-electron chi connectivity index (χ2n) is 7.76. The molecule has 1 N–H and O–H groups in total. The Bertz CT molecular complexity index is 698. The predicted octanol–water partition coefficient (Wildman–Crippen LogP) is 5.13. The van der Waals surface area contributed by atoms with Crippen LogP contribution < -0.4 is 0 Å². The predicted molar refractivity (Wildman–Crippen MR) is 88.3 cm³/mol. The van der Waals surface area contributed by atoms with Gasteiger partial charge in [-0.05, 0) is 44.9 Å². The molecule has 0 fully saturated rings. The molecule has 2 aromatic rings. The van der Waals surface area contributed by atoms with Crippen LogP contribution in [0.1, 0.15) is 63.0 Å². The van der Waals surface area contributed by atoms with Gasteiger partial charge >= 0.3 is 5.97 Å². The number of carboxylic acids is 1. The summed E-state index contributed by atoms with van der Waals surface area (Å²) in [5, 5.41) is 11.6. The van der Waals surface area contributed by atoms with Gasteiger partial charge in [-0.1, -0.05) is 59.7 Å². The van der Waals surface area contributed by atoms with Crippen LogP contribution in [-0.2, 0) is 10.8 Å². The van der Waals surface area contributed by atoms with Crippen molar-refractivity contribution in [2.45, 2.75) is 52.4 Å². The number of aromatic carboxylic acids is 1. The molecule has 2 aromatic carbocycles. The summed E-state index contributed by atoms with van der Waals surface area (Å²) < 4.78 is 0. The Hall–Kier alpha value is -1.83. The molecule has 0 bridgehead atoms. The van der Waals surface area contributed by atoms with Gasteiger partial charge in [0, 0.05) is 0 Å². The molecule has 0 spiro atoms. The van der Waals surface area contributed by atoms with Crippen molar-refractivity contribution in [1.82, 2.24) is 0 Å². The quantitative estimate of drug-likeness (QED) is 0.788. The molecule has 2 nitrogen and oxygen atoms in total. The fraction of sp³-hybridized carbons (Fsp3) is 0.421. The lowest BCUT2D eigenvalue weighted by Crippen LogP contribution is -2.17. The van der Waals surface area contributed by atoms with E-state index in [4.69, 9.17) is 0 Å². The van der Waals surface area contributed by atoms with Gasteiger partial charge in [0.2, 0.25) is 0 Å². The van der Waals surface area contributed by atoms with Crippen LogP contribution in [0.15, 0.2) is 30.3 Å². The topological polar surface area (TPSA) is 37.3 Å². The molecule has 2 heteroatoms. The van der Waals surface area contributed by atoms with Crippen molar-refractivity contribution in [3.63, 3.8) is 0 Å². The Labute approximate surface area is 126 Å². The number of hydrogen-bond acceptors (Lipinski definition) is 1. The maximum atomic E-state index is 11.5. The second-order valence-corrected chi connectivity index (χ2v) is 7.76. The normalized spacial score (nSPS) is 12.7. The van der Waals surface area contributed by atoms with Crippen LogP contribution in [0.3, 0.4) is 0 Å². The van der Waals surface area contributed by atoms with E-state index < -0.39 is 5.97 Å². The molecular weight excluding hydrogens is 260 g/mol. The first kappa shape index (κ1) is 15.6. The third-order valence-electron chi connectivity index (χ3n) is 3.88. The van der Waals surface area contributed by atoms with Crippen LogP contribution in [0.25, 0.3) is 10.8 Å². The lowest BCUT2D eigenvalue weighted by atomic mass is 9.81. The van der Waals surface area contributed by atoms with E-state index in [0.717, 1.165) is 16.3 Å². The van der Waals surface area contributed by atoms with E-state index in [0.29, 0.717) is 5.56 Å². The third-order valence-corrected chi connectivity index (χ3v) is 3.88. The van der Waals surface area contributed by atoms with Crippen molar-refractivity contribution in [1.29, 1.82) is 0 Å². The van der Waals surface area contributed by atoms with Crippen LogP contribution in [0.2, 0.25) is 0 Å². The zero-order valence-corrected chi connectivity index (χ0v) is 13.7. The van der Waals surface area contributed by atoms with Gasteiger partial charge in [-0.2, -0.15) is 0 Å². The zero-order valence-electron chi connectivity index (χ0n) is 13.7. The van der Waals surface area contributed by atoms with E-state index in [1.165, 1.54) is 5.56 Å². The summed E-state index contributed by atoms with van der Waals surface area (Å²) in [5.41, 5.74) is 2.44. The fourth-order valence-electron chi connectivity index (χ4n) is 2.56. The number of benzene rings is 2. The highest BCUT2D eigenvalue weighted by Crippen LogP contribution is 2.32. The average molecular weight is 284 g/mol. The highest BCUT2D eigenvalue weighted by molar-refractivity contribution is 5.97. The smallest absolute Gasteiger partial charge is 0.336 e. The molecular formula is C19H24O2. The van der Waals surface area contributed by atoms with E-state index in [9.17, 15) is 9.90 Å². The molecule has 0 amide bonds. The van der Waals surface area contributed by atoms with Crippen molar-refractivity contribution in [2.24, 2.45) is 0 Å². The molecule has 0 aliphatic heterocycles. The molecule has 0 radical (unpaired) electrons. The minimum absolute atomic E-state index is 0.0849. The third kappa shape index (κ3) is 3.10. The number of rotatable bonds is 1. The molecule has 0 aromatic heterocycles. The summed E-state index contributed by atoms with van der Waals surface area (Å²) in [7, 11) is 0. The highest BCUT2D eigenvalue weighted by Gasteiger charge is 2.23. The van der Waals surface area contributed by atoms with Crippen molar-refractivity contribution >= 4 is 16.7 Å². The minimum Gasteiger partial charge on any atom is -0.478 e. The first-order valence-electron chi connectivity index (χ1n) is 7.32. The Kier molecular flexibility index (Phi) is 3.61. The molecule has 0 unspecified atom stereocenters. The van der Waals surface area contributed by atoms with Gasteiger partial charge in [0.15, 0.2) is 0 Å². The molecule has 112 valence electrons. The fourth-order valence-corrected chi connectivity index (χ4v) is 2.56. The van der Waals surface area contributed by atoms with Crippen LogP contribution in [0, 0.1) is 0 Å². The monoisotopic (exact) mass is 284 g/mol. The van der Waals surface area contributed by atoms with Gasteiger partial charge in [0.05, 0.1) is 5.56 Å². The Morgan fingerprint density at radius 2 is 1.48 bits per heavy atom. The lowest BCUT2D eigenvalue weighted by molar-refractivity contribution is 0.0694. The van der Waals surface area contributed by atoms with Gasteiger partial charge in [-0.3, -0.25) is 0 Å². The van der Waals surface area contributed by atoms with Crippen molar-refractivity contribution in [3.8, 4) is 0 Å². The average Bonchev–Trinajstić information content (AvgIpc) is 2.34. The van der Waals surface area contributed by atoms with E-state index in [1.807, 2.05) is 32.9 Å². The van der Waals surface area contributed by atoms with Gasteiger partial charge < -0.3 is 5.11 Å². The molecule has 0 heterocycles. The molecule has 0 saturated heterocycles. The largest absolute Gasteiger partial charge is 0.478 e. The Morgan fingerprint density at radius 3 is 1.95 bits per heavy atom. The number of carbonyl (C=O) groups is 1. The summed E-state index contributed by atoms with van der Waals surface area (Å²) in [4.78, 5) is 11.5. The summed E-state index contributed by atoms with van der Waals surface area (Å²) in [5.74, 6) is -0.860. The highest BCUT2D eigenvalue weighted by atomic mass is 16.4. The lowest BCUT2D eigenvalue weighted by Gasteiger charge is -2.23. The Balaban J connectivity index is 2.77. The van der Waals surface area contributed by atoms with Crippen LogP contribution in [-0.4, -0.2) is 11.1 Å². The molecule has 2 rings (SSSR count). The molecule has 21 heavy (non-hydrogen) atoms. The molecule has 0 atom stereocenters. The molecule has 0 aliphatic carbocycles. The van der Waals surface area contributed by atoms with Gasteiger partial charge in [0.25, 0.3) is 0 Å².